The molecule has 0 saturated heterocycles. The van der Waals surface area contributed by atoms with Crippen molar-refractivity contribution >= 4 is 40.7 Å². The molecule has 120 valence electrons. The molecule has 0 heterocycles. The van der Waals surface area contributed by atoms with Crippen molar-refractivity contribution < 1.29 is 9.59 Å². The lowest BCUT2D eigenvalue weighted by atomic mass is 10.2. The van der Waals surface area contributed by atoms with Crippen molar-refractivity contribution in [1.29, 1.82) is 0 Å². The first-order valence-electron chi connectivity index (χ1n) is 7.57. The molecule has 1 aromatic carbocycles. The maximum Gasteiger partial charge on any atom is 0.228 e. The van der Waals surface area contributed by atoms with Crippen LogP contribution in [0.3, 0.4) is 0 Å². The molecule has 1 aliphatic rings. The Kier molecular flexibility index (Phi) is 6.09. The number of carbonyl (C=O) groups excluding carboxylic acids is 2. The van der Waals surface area contributed by atoms with E-state index in [1.54, 1.807) is 18.2 Å². The lowest BCUT2D eigenvalue weighted by Crippen LogP contribution is -2.28. The summed E-state index contributed by atoms with van der Waals surface area (Å²) in [6.45, 7) is 2.79. The van der Waals surface area contributed by atoms with Crippen LogP contribution in [0.25, 0.3) is 0 Å². The van der Waals surface area contributed by atoms with E-state index in [2.05, 4.69) is 17.6 Å². The Labute approximate surface area is 140 Å². The standard InChI is InChI=1S/C16H20Cl2N2O2/c1-2-3-4-8-19-15(21)10-9-11(10)16(22)20-13-7-5-6-12(17)14(13)18/h5-7,10-11H,2-4,8-9H2,1H3,(H,19,21)(H,20,22). The van der Waals surface area contributed by atoms with E-state index in [1.165, 1.54) is 0 Å². The highest BCUT2D eigenvalue weighted by Gasteiger charge is 2.47. The number of halogens is 2. The van der Waals surface area contributed by atoms with Gasteiger partial charge in [-0.3, -0.25) is 9.59 Å². The topological polar surface area (TPSA) is 58.2 Å². The molecule has 0 aliphatic heterocycles. The van der Waals surface area contributed by atoms with Crippen LogP contribution in [0.2, 0.25) is 10.0 Å². The quantitative estimate of drug-likeness (QED) is 0.739. The van der Waals surface area contributed by atoms with Gasteiger partial charge in [-0.1, -0.05) is 49.0 Å². The van der Waals surface area contributed by atoms with Crippen LogP contribution in [0, 0.1) is 11.8 Å². The monoisotopic (exact) mass is 342 g/mol. The summed E-state index contributed by atoms with van der Waals surface area (Å²) in [5.41, 5.74) is 0.480. The Hall–Kier alpha value is -1.26. The third kappa shape index (κ3) is 4.37. The predicted octanol–water partition coefficient (Wildman–Crippen LogP) is 3.87. The van der Waals surface area contributed by atoms with Gasteiger partial charge in [0.2, 0.25) is 11.8 Å². The fourth-order valence-corrected chi connectivity index (χ4v) is 2.67. The summed E-state index contributed by atoms with van der Waals surface area (Å²) in [5.74, 6) is -0.716. The van der Waals surface area contributed by atoms with Gasteiger partial charge < -0.3 is 10.6 Å². The third-order valence-electron chi connectivity index (χ3n) is 3.75. The van der Waals surface area contributed by atoms with Crippen LogP contribution < -0.4 is 10.6 Å². The Bertz CT molecular complexity index is 563. The molecule has 1 saturated carbocycles. The summed E-state index contributed by atoms with van der Waals surface area (Å²) in [7, 11) is 0. The highest BCUT2D eigenvalue weighted by Crippen LogP contribution is 2.40. The number of rotatable bonds is 7. The molecular weight excluding hydrogens is 323 g/mol. The van der Waals surface area contributed by atoms with E-state index in [9.17, 15) is 9.59 Å². The van der Waals surface area contributed by atoms with Gasteiger partial charge in [0.1, 0.15) is 0 Å². The lowest BCUT2D eigenvalue weighted by molar-refractivity contribution is -0.125. The van der Waals surface area contributed by atoms with Crippen LogP contribution in [0.15, 0.2) is 18.2 Å². The second-order valence-corrected chi connectivity index (χ2v) is 6.32. The minimum Gasteiger partial charge on any atom is -0.356 e. The third-order valence-corrected chi connectivity index (χ3v) is 4.57. The number of nitrogens with one attached hydrogen (secondary N) is 2. The van der Waals surface area contributed by atoms with Gasteiger partial charge in [-0.15, -0.1) is 0 Å². The van der Waals surface area contributed by atoms with Gasteiger partial charge in [-0.25, -0.2) is 0 Å². The highest BCUT2D eigenvalue weighted by molar-refractivity contribution is 6.44. The molecule has 4 nitrogen and oxygen atoms in total. The first-order chi connectivity index (χ1) is 10.5. The summed E-state index contributed by atoms with van der Waals surface area (Å²) in [6.07, 6.45) is 3.78. The zero-order valence-corrected chi connectivity index (χ0v) is 14.0. The molecular formula is C16H20Cl2N2O2. The number of benzene rings is 1. The number of amides is 2. The first kappa shape index (κ1) is 17.1. The Morgan fingerprint density at radius 1 is 1.18 bits per heavy atom. The fraction of sp³-hybridized carbons (Fsp3) is 0.500. The van der Waals surface area contributed by atoms with E-state index in [4.69, 9.17) is 23.2 Å². The number of unbranched alkanes of at least 4 members (excludes halogenated alkanes) is 2. The number of hydrogen-bond acceptors (Lipinski definition) is 2. The zero-order valence-electron chi connectivity index (χ0n) is 12.5. The predicted molar refractivity (Wildman–Crippen MR) is 89.2 cm³/mol. The molecule has 6 heteroatoms. The zero-order chi connectivity index (χ0) is 16.1. The first-order valence-corrected chi connectivity index (χ1v) is 8.32. The normalized spacial score (nSPS) is 19.6. The average molecular weight is 343 g/mol. The van der Waals surface area contributed by atoms with Crippen molar-refractivity contribution in [3.8, 4) is 0 Å². The van der Waals surface area contributed by atoms with E-state index in [-0.39, 0.29) is 23.7 Å². The largest absolute Gasteiger partial charge is 0.356 e. The summed E-state index contributed by atoms with van der Waals surface area (Å²) in [5, 5.41) is 6.33. The van der Waals surface area contributed by atoms with E-state index >= 15 is 0 Å². The summed E-state index contributed by atoms with van der Waals surface area (Å²) in [4.78, 5) is 24.1. The molecule has 0 spiro atoms. The molecule has 2 amide bonds. The smallest absolute Gasteiger partial charge is 0.228 e. The van der Waals surface area contributed by atoms with Crippen molar-refractivity contribution in [3.63, 3.8) is 0 Å². The van der Waals surface area contributed by atoms with E-state index in [0.717, 1.165) is 19.3 Å². The number of carbonyl (C=O) groups is 2. The van der Waals surface area contributed by atoms with Gasteiger partial charge in [0, 0.05) is 6.54 Å². The molecule has 1 aromatic rings. The molecule has 2 N–H and O–H groups in total. The van der Waals surface area contributed by atoms with Crippen LogP contribution in [0.5, 0.6) is 0 Å². The molecule has 2 unspecified atom stereocenters. The fourth-order valence-electron chi connectivity index (χ4n) is 2.32. The van der Waals surface area contributed by atoms with Gasteiger partial charge in [0.25, 0.3) is 0 Å². The SMILES string of the molecule is CCCCCNC(=O)C1CC1C(=O)Nc1cccc(Cl)c1Cl. The molecule has 2 atom stereocenters. The molecule has 0 radical (unpaired) electrons. The maximum absolute atomic E-state index is 12.1. The molecule has 1 aliphatic carbocycles. The summed E-state index contributed by atoms with van der Waals surface area (Å²) in [6, 6.07) is 5.06. The second kappa shape index (κ2) is 7.84. The van der Waals surface area contributed by atoms with Gasteiger partial charge in [-0.2, -0.15) is 0 Å². The van der Waals surface area contributed by atoms with Gasteiger partial charge >= 0.3 is 0 Å². The Morgan fingerprint density at radius 2 is 1.91 bits per heavy atom. The van der Waals surface area contributed by atoms with E-state index in [1.807, 2.05) is 0 Å². The van der Waals surface area contributed by atoms with Crippen molar-refractivity contribution in [3.05, 3.63) is 28.2 Å². The minimum absolute atomic E-state index is 0.0338. The Balaban J connectivity index is 1.80. The highest BCUT2D eigenvalue weighted by atomic mass is 35.5. The van der Waals surface area contributed by atoms with Crippen molar-refractivity contribution in [2.24, 2.45) is 11.8 Å². The minimum atomic E-state index is -0.277. The van der Waals surface area contributed by atoms with E-state index in [0.29, 0.717) is 28.7 Å². The number of anilines is 1. The molecule has 0 aromatic heterocycles. The molecule has 0 bridgehead atoms. The van der Waals surface area contributed by atoms with Crippen LogP contribution >= 0.6 is 23.2 Å². The number of hydrogen-bond donors (Lipinski definition) is 2. The van der Waals surface area contributed by atoms with Gasteiger partial charge in [0.05, 0.1) is 27.6 Å². The molecule has 22 heavy (non-hydrogen) atoms. The summed E-state index contributed by atoms with van der Waals surface area (Å²) >= 11 is 11.9. The Morgan fingerprint density at radius 3 is 2.64 bits per heavy atom. The van der Waals surface area contributed by atoms with Crippen LogP contribution in [-0.4, -0.2) is 18.4 Å². The van der Waals surface area contributed by atoms with Crippen molar-refractivity contribution in [2.75, 3.05) is 11.9 Å². The van der Waals surface area contributed by atoms with Gasteiger partial charge in [0.15, 0.2) is 0 Å². The molecule has 2 rings (SSSR count). The van der Waals surface area contributed by atoms with Crippen LogP contribution in [-0.2, 0) is 9.59 Å². The van der Waals surface area contributed by atoms with Crippen LogP contribution in [0.1, 0.15) is 32.6 Å². The van der Waals surface area contributed by atoms with Crippen molar-refractivity contribution in [1.82, 2.24) is 5.32 Å². The maximum atomic E-state index is 12.1. The molecule has 1 fully saturated rings. The summed E-state index contributed by atoms with van der Waals surface area (Å²) < 4.78 is 0. The average Bonchev–Trinajstić information content (AvgIpc) is 3.29. The van der Waals surface area contributed by atoms with Crippen molar-refractivity contribution in [2.45, 2.75) is 32.6 Å². The van der Waals surface area contributed by atoms with E-state index < -0.39 is 0 Å². The second-order valence-electron chi connectivity index (χ2n) is 5.54. The van der Waals surface area contributed by atoms with Crippen LogP contribution in [0.4, 0.5) is 5.69 Å². The lowest BCUT2D eigenvalue weighted by Gasteiger charge is -2.08. The van der Waals surface area contributed by atoms with Gasteiger partial charge in [-0.05, 0) is 25.0 Å².